The highest BCUT2D eigenvalue weighted by Crippen LogP contribution is 2.24. The summed E-state index contributed by atoms with van der Waals surface area (Å²) in [5, 5.41) is 0. The molecule has 1 amide bonds. The van der Waals surface area contributed by atoms with E-state index in [4.69, 9.17) is 4.74 Å². The molecular formula is C17H24N2O2. The van der Waals surface area contributed by atoms with Gasteiger partial charge in [0.2, 0.25) is 0 Å². The van der Waals surface area contributed by atoms with Gasteiger partial charge in [0, 0.05) is 37.8 Å². The summed E-state index contributed by atoms with van der Waals surface area (Å²) >= 11 is 0. The summed E-state index contributed by atoms with van der Waals surface area (Å²) in [5.74, 6) is 0.866. The zero-order valence-corrected chi connectivity index (χ0v) is 12.8. The minimum atomic E-state index is 0.125. The Morgan fingerprint density at radius 2 is 1.86 bits per heavy atom. The maximum Gasteiger partial charge on any atom is 0.254 e. The molecule has 2 aliphatic rings. The molecule has 3 rings (SSSR count). The van der Waals surface area contributed by atoms with Crippen molar-refractivity contribution in [1.29, 1.82) is 0 Å². The van der Waals surface area contributed by atoms with Gasteiger partial charge in [-0.1, -0.05) is 18.9 Å². The first-order valence-corrected chi connectivity index (χ1v) is 7.95. The first-order chi connectivity index (χ1) is 10.3. The Bertz CT molecular complexity index is 489. The Labute approximate surface area is 126 Å². The first kappa shape index (κ1) is 14.4. The Balaban J connectivity index is 1.59. The van der Waals surface area contributed by atoms with Gasteiger partial charge >= 0.3 is 0 Å². The minimum absolute atomic E-state index is 0.125. The van der Waals surface area contributed by atoms with Crippen LogP contribution in [0.2, 0.25) is 0 Å². The van der Waals surface area contributed by atoms with Gasteiger partial charge < -0.3 is 9.64 Å². The Morgan fingerprint density at radius 3 is 2.52 bits per heavy atom. The highest BCUT2D eigenvalue weighted by atomic mass is 16.5. The van der Waals surface area contributed by atoms with Crippen molar-refractivity contribution in [3.63, 3.8) is 0 Å². The molecule has 4 nitrogen and oxygen atoms in total. The van der Waals surface area contributed by atoms with Crippen molar-refractivity contribution in [1.82, 2.24) is 9.80 Å². The fourth-order valence-electron chi connectivity index (χ4n) is 3.50. The molecule has 21 heavy (non-hydrogen) atoms. The predicted octanol–water partition coefficient (Wildman–Crippen LogP) is 2.40. The van der Waals surface area contributed by atoms with Crippen molar-refractivity contribution >= 4 is 5.91 Å². The second kappa shape index (κ2) is 6.48. The van der Waals surface area contributed by atoms with Gasteiger partial charge in [-0.3, -0.25) is 9.69 Å². The first-order valence-electron chi connectivity index (χ1n) is 7.95. The summed E-state index contributed by atoms with van der Waals surface area (Å²) in [6, 6.07) is 8.20. The standard InChI is InChI=1S/C17H24N2O2/c1-21-16-8-4-5-14(13-16)17(20)19-11-9-18(10-12-19)15-6-2-3-7-15/h4-5,8,13,15H,2-3,6-7,9-12H2,1H3. The van der Waals surface area contributed by atoms with Gasteiger partial charge in [-0.05, 0) is 31.0 Å². The van der Waals surface area contributed by atoms with Crippen LogP contribution in [0.5, 0.6) is 5.75 Å². The molecule has 1 heterocycles. The number of rotatable bonds is 3. The summed E-state index contributed by atoms with van der Waals surface area (Å²) in [6.45, 7) is 3.71. The lowest BCUT2D eigenvalue weighted by Gasteiger charge is -2.38. The minimum Gasteiger partial charge on any atom is -0.497 e. The molecule has 4 heteroatoms. The molecule has 0 bridgehead atoms. The average Bonchev–Trinajstić information content (AvgIpc) is 3.09. The van der Waals surface area contributed by atoms with E-state index in [9.17, 15) is 4.79 Å². The maximum atomic E-state index is 12.5. The zero-order valence-electron chi connectivity index (χ0n) is 12.8. The van der Waals surface area contributed by atoms with Crippen LogP contribution in [0.25, 0.3) is 0 Å². The number of amides is 1. The van der Waals surface area contributed by atoms with Crippen molar-refractivity contribution in [2.45, 2.75) is 31.7 Å². The second-order valence-electron chi connectivity index (χ2n) is 6.00. The van der Waals surface area contributed by atoms with E-state index in [1.54, 1.807) is 7.11 Å². The van der Waals surface area contributed by atoms with E-state index in [0.29, 0.717) is 0 Å². The molecule has 114 valence electrons. The molecule has 1 aromatic carbocycles. The van der Waals surface area contributed by atoms with Crippen LogP contribution < -0.4 is 4.74 Å². The third-order valence-corrected chi connectivity index (χ3v) is 4.76. The molecule has 0 atom stereocenters. The van der Waals surface area contributed by atoms with E-state index in [2.05, 4.69) is 4.90 Å². The third kappa shape index (κ3) is 3.21. The topological polar surface area (TPSA) is 32.8 Å². The average molecular weight is 288 g/mol. The van der Waals surface area contributed by atoms with Gasteiger partial charge in [0.05, 0.1) is 7.11 Å². The smallest absolute Gasteiger partial charge is 0.254 e. The number of hydrogen-bond donors (Lipinski definition) is 0. The lowest BCUT2D eigenvalue weighted by atomic mass is 10.1. The summed E-state index contributed by atoms with van der Waals surface area (Å²) < 4.78 is 5.20. The Kier molecular flexibility index (Phi) is 4.44. The quantitative estimate of drug-likeness (QED) is 0.856. The van der Waals surface area contributed by atoms with E-state index in [1.807, 2.05) is 29.2 Å². The van der Waals surface area contributed by atoms with Crippen molar-refractivity contribution in [3.8, 4) is 5.75 Å². The van der Waals surface area contributed by atoms with E-state index in [1.165, 1.54) is 25.7 Å². The summed E-state index contributed by atoms with van der Waals surface area (Å²) in [7, 11) is 1.63. The van der Waals surface area contributed by atoms with Crippen LogP contribution in [0.15, 0.2) is 24.3 Å². The predicted molar refractivity (Wildman–Crippen MR) is 82.7 cm³/mol. The highest BCUT2D eigenvalue weighted by molar-refractivity contribution is 5.94. The lowest BCUT2D eigenvalue weighted by Crippen LogP contribution is -2.51. The molecule has 0 radical (unpaired) electrons. The molecule has 1 saturated carbocycles. The largest absolute Gasteiger partial charge is 0.497 e. The SMILES string of the molecule is COc1cccc(C(=O)N2CCN(C3CCCC3)CC2)c1. The van der Waals surface area contributed by atoms with E-state index < -0.39 is 0 Å². The van der Waals surface area contributed by atoms with Gasteiger partial charge in [0.25, 0.3) is 5.91 Å². The molecule has 0 unspecified atom stereocenters. The fourth-order valence-corrected chi connectivity index (χ4v) is 3.50. The van der Waals surface area contributed by atoms with Crippen molar-refractivity contribution in [2.75, 3.05) is 33.3 Å². The third-order valence-electron chi connectivity index (χ3n) is 4.76. The number of piperazine rings is 1. The number of nitrogens with zero attached hydrogens (tertiary/aromatic N) is 2. The lowest BCUT2D eigenvalue weighted by molar-refractivity contribution is 0.0573. The molecule has 0 N–H and O–H groups in total. The maximum absolute atomic E-state index is 12.5. The van der Waals surface area contributed by atoms with Crippen LogP contribution in [0, 0.1) is 0 Å². The second-order valence-corrected chi connectivity index (χ2v) is 6.00. The van der Waals surface area contributed by atoms with Crippen LogP contribution in [0.3, 0.4) is 0 Å². The molecule has 0 spiro atoms. The van der Waals surface area contributed by atoms with Crippen molar-refractivity contribution < 1.29 is 9.53 Å². The van der Waals surface area contributed by atoms with Crippen molar-refractivity contribution in [3.05, 3.63) is 29.8 Å². The fraction of sp³-hybridized carbons (Fsp3) is 0.588. The van der Waals surface area contributed by atoms with E-state index >= 15 is 0 Å². The summed E-state index contributed by atoms with van der Waals surface area (Å²) in [6.07, 6.45) is 5.41. The number of methoxy groups -OCH3 is 1. The van der Waals surface area contributed by atoms with E-state index in [-0.39, 0.29) is 5.91 Å². The van der Waals surface area contributed by atoms with Gasteiger partial charge in [-0.15, -0.1) is 0 Å². The van der Waals surface area contributed by atoms with Gasteiger partial charge in [-0.2, -0.15) is 0 Å². The van der Waals surface area contributed by atoms with Gasteiger partial charge in [-0.25, -0.2) is 0 Å². The normalized spacial score (nSPS) is 20.7. The van der Waals surface area contributed by atoms with Crippen LogP contribution in [-0.4, -0.2) is 55.0 Å². The molecule has 0 aromatic heterocycles. The van der Waals surface area contributed by atoms with Crippen LogP contribution in [0.4, 0.5) is 0 Å². The van der Waals surface area contributed by atoms with Gasteiger partial charge in [0.15, 0.2) is 0 Å². The number of ether oxygens (including phenoxy) is 1. The molecular weight excluding hydrogens is 264 g/mol. The zero-order chi connectivity index (χ0) is 14.7. The van der Waals surface area contributed by atoms with Crippen LogP contribution in [-0.2, 0) is 0 Å². The molecule has 1 aliphatic heterocycles. The van der Waals surface area contributed by atoms with Crippen LogP contribution in [0.1, 0.15) is 36.0 Å². The summed E-state index contributed by atoms with van der Waals surface area (Å²) in [5.41, 5.74) is 0.726. The monoisotopic (exact) mass is 288 g/mol. The van der Waals surface area contributed by atoms with E-state index in [0.717, 1.165) is 43.5 Å². The Morgan fingerprint density at radius 1 is 1.14 bits per heavy atom. The molecule has 2 fully saturated rings. The molecule has 1 aliphatic carbocycles. The molecule has 1 saturated heterocycles. The Hall–Kier alpha value is -1.55. The summed E-state index contributed by atoms with van der Waals surface area (Å²) in [4.78, 5) is 17.1. The van der Waals surface area contributed by atoms with Crippen LogP contribution >= 0.6 is 0 Å². The highest BCUT2D eigenvalue weighted by Gasteiger charge is 2.28. The number of benzene rings is 1. The number of carbonyl (C=O) groups is 1. The molecule has 1 aromatic rings. The number of hydrogen-bond acceptors (Lipinski definition) is 3. The van der Waals surface area contributed by atoms with Gasteiger partial charge in [0.1, 0.15) is 5.75 Å². The van der Waals surface area contributed by atoms with Crippen molar-refractivity contribution in [2.24, 2.45) is 0 Å². The number of carbonyl (C=O) groups excluding carboxylic acids is 1.